The first kappa shape index (κ1) is 13.6. The van der Waals surface area contributed by atoms with Gasteiger partial charge in [-0.15, -0.1) is 0 Å². The largest absolute Gasteiger partial charge is 0.315 e. The predicted octanol–water partition coefficient (Wildman–Crippen LogP) is 2.69. The van der Waals surface area contributed by atoms with E-state index in [2.05, 4.69) is 47.6 Å². The molecule has 0 saturated heterocycles. The fourth-order valence-corrected chi connectivity index (χ4v) is 2.30. The standard InChI is InChI=1S/C16H26N2/c1-18(16-10-11-16)14-13-17-12-6-5-9-15-7-3-2-4-8-15/h2-4,7-8,16-17H,5-6,9-14H2,1H3. The molecule has 1 N–H and O–H groups in total. The number of aryl methyl sites for hydroxylation is 1. The highest BCUT2D eigenvalue weighted by atomic mass is 15.2. The number of benzene rings is 1. The molecule has 0 heterocycles. The summed E-state index contributed by atoms with van der Waals surface area (Å²) in [7, 11) is 2.24. The highest BCUT2D eigenvalue weighted by Gasteiger charge is 2.25. The molecule has 1 aromatic carbocycles. The van der Waals surface area contributed by atoms with Gasteiger partial charge in [-0.3, -0.25) is 0 Å². The second-order valence-corrected chi connectivity index (χ2v) is 5.40. The third kappa shape index (κ3) is 5.19. The molecule has 0 radical (unpaired) electrons. The van der Waals surface area contributed by atoms with Crippen LogP contribution in [-0.4, -0.2) is 37.6 Å². The van der Waals surface area contributed by atoms with Gasteiger partial charge in [-0.1, -0.05) is 30.3 Å². The molecule has 0 unspecified atom stereocenters. The Labute approximate surface area is 111 Å². The molecule has 2 rings (SSSR count). The first-order chi connectivity index (χ1) is 8.86. The molecular weight excluding hydrogens is 220 g/mol. The van der Waals surface area contributed by atoms with Gasteiger partial charge in [0.05, 0.1) is 0 Å². The van der Waals surface area contributed by atoms with E-state index in [0.29, 0.717) is 0 Å². The number of hydrogen-bond donors (Lipinski definition) is 1. The Balaban J connectivity index is 1.42. The molecule has 1 aliphatic carbocycles. The van der Waals surface area contributed by atoms with E-state index < -0.39 is 0 Å². The summed E-state index contributed by atoms with van der Waals surface area (Å²) in [6.07, 6.45) is 6.60. The van der Waals surface area contributed by atoms with E-state index in [9.17, 15) is 0 Å². The minimum Gasteiger partial charge on any atom is -0.315 e. The van der Waals surface area contributed by atoms with Gasteiger partial charge in [-0.05, 0) is 51.3 Å². The normalized spacial score (nSPS) is 15.2. The summed E-state index contributed by atoms with van der Waals surface area (Å²) in [6, 6.07) is 11.7. The van der Waals surface area contributed by atoms with Crippen molar-refractivity contribution in [2.75, 3.05) is 26.7 Å². The maximum atomic E-state index is 3.54. The molecule has 0 bridgehead atoms. The minimum atomic E-state index is 0.893. The van der Waals surface area contributed by atoms with Crippen LogP contribution >= 0.6 is 0 Å². The quantitative estimate of drug-likeness (QED) is 0.674. The molecule has 2 nitrogen and oxygen atoms in total. The van der Waals surface area contributed by atoms with Crippen LogP contribution in [0.5, 0.6) is 0 Å². The molecular formula is C16H26N2. The van der Waals surface area contributed by atoms with Gasteiger partial charge in [0.1, 0.15) is 0 Å². The van der Waals surface area contributed by atoms with Gasteiger partial charge in [-0.2, -0.15) is 0 Å². The van der Waals surface area contributed by atoms with Crippen molar-refractivity contribution < 1.29 is 0 Å². The van der Waals surface area contributed by atoms with E-state index in [-0.39, 0.29) is 0 Å². The molecule has 18 heavy (non-hydrogen) atoms. The van der Waals surface area contributed by atoms with Crippen LogP contribution in [0.2, 0.25) is 0 Å². The van der Waals surface area contributed by atoms with E-state index in [1.54, 1.807) is 0 Å². The van der Waals surface area contributed by atoms with Crippen LogP contribution in [0.25, 0.3) is 0 Å². The minimum absolute atomic E-state index is 0.893. The van der Waals surface area contributed by atoms with Gasteiger partial charge in [0, 0.05) is 19.1 Å². The van der Waals surface area contributed by atoms with Crippen molar-refractivity contribution in [3.05, 3.63) is 35.9 Å². The average Bonchev–Trinajstić information content (AvgIpc) is 3.23. The predicted molar refractivity (Wildman–Crippen MR) is 77.9 cm³/mol. The number of nitrogens with zero attached hydrogens (tertiary/aromatic N) is 1. The van der Waals surface area contributed by atoms with Gasteiger partial charge in [0.15, 0.2) is 0 Å². The summed E-state index contributed by atoms with van der Waals surface area (Å²) in [5, 5.41) is 3.54. The lowest BCUT2D eigenvalue weighted by molar-refractivity contribution is 0.321. The van der Waals surface area contributed by atoms with Crippen LogP contribution < -0.4 is 5.32 Å². The van der Waals surface area contributed by atoms with Gasteiger partial charge >= 0.3 is 0 Å². The number of likely N-dealkylation sites (N-methyl/N-ethyl adjacent to an activating group) is 1. The Bertz CT molecular complexity index is 319. The molecule has 100 valence electrons. The molecule has 0 atom stereocenters. The molecule has 1 saturated carbocycles. The van der Waals surface area contributed by atoms with Crippen LogP contribution in [0.15, 0.2) is 30.3 Å². The average molecular weight is 246 g/mol. The van der Waals surface area contributed by atoms with Crippen molar-refractivity contribution in [3.8, 4) is 0 Å². The Kier molecular flexibility index (Phi) is 5.69. The van der Waals surface area contributed by atoms with Crippen molar-refractivity contribution in [2.24, 2.45) is 0 Å². The van der Waals surface area contributed by atoms with Crippen LogP contribution in [0.4, 0.5) is 0 Å². The second kappa shape index (κ2) is 7.55. The lowest BCUT2D eigenvalue weighted by Crippen LogP contribution is -2.31. The van der Waals surface area contributed by atoms with Crippen molar-refractivity contribution in [1.29, 1.82) is 0 Å². The highest BCUT2D eigenvalue weighted by molar-refractivity contribution is 5.14. The molecule has 0 aromatic heterocycles. The zero-order valence-corrected chi connectivity index (χ0v) is 11.6. The maximum absolute atomic E-state index is 3.54. The van der Waals surface area contributed by atoms with Crippen molar-refractivity contribution >= 4 is 0 Å². The van der Waals surface area contributed by atoms with Gasteiger partial charge < -0.3 is 10.2 Å². The first-order valence-corrected chi connectivity index (χ1v) is 7.31. The summed E-state index contributed by atoms with van der Waals surface area (Å²) >= 11 is 0. The third-order valence-corrected chi connectivity index (χ3v) is 3.72. The maximum Gasteiger partial charge on any atom is 0.0107 e. The first-order valence-electron chi connectivity index (χ1n) is 7.31. The Morgan fingerprint density at radius 3 is 2.61 bits per heavy atom. The van der Waals surface area contributed by atoms with Crippen molar-refractivity contribution in [3.63, 3.8) is 0 Å². The van der Waals surface area contributed by atoms with Crippen molar-refractivity contribution in [2.45, 2.75) is 38.1 Å². The lowest BCUT2D eigenvalue weighted by Gasteiger charge is -2.15. The Morgan fingerprint density at radius 2 is 1.89 bits per heavy atom. The van der Waals surface area contributed by atoms with E-state index in [1.807, 2.05) is 0 Å². The van der Waals surface area contributed by atoms with Gasteiger partial charge in [0.2, 0.25) is 0 Å². The van der Waals surface area contributed by atoms with E-state index >= 15 is 0 Å². The van der Waals surface area contributed by atoms with Crippen LogP contribution in [0.3, 0.4) is 0 Å². The summed E-state index contributed by atoms with van der Waals surface area (Å²) in [5.41, 5.74) is 1.46. The monoisotopic (exact) mass is 246 g/mol. The molecule has 0 amide bonds. The lowest BCUT2D eigenvalue weighted by atomic mass is 10.1. The van der Waals surface area contributed by atoms with E-state index in [4.69, 9.17) is 0 Å². The summed E-state index contributed by atoms with van der Waals surface area (Å²) < 4.78 is 0. The summed E-state index contributed by atoms with van der Waals surface area (Å²) in [4.78, 5) is 2.48. The van der Waals surface area contributed by atoms with Crippen molar-refractivity contribution in [1.82, 2.24) is 10.2 Å². The van der Waals surface area contributed by atoms with Crippen LogP contribution in [-0.2, 0) is 6.42 Å². The number of nitrogens with one attached hydrogen (secondary N) is 1. The molecule has 1 aromatic rings. The number of hydrogen-bond acceptors (Lipinski definition) is 2. The van der Waals surface area contributed by atoms with Crippen LogP contribution in [0.1, 0.15) is 31.2 Å². The zero-order valence-electron chi connectivity index (χ0n) is 11.6. The van der Waals surface area contributed by atoms with E-state index in [1.165, 1.54) is 44.2 Å². The highest BCUT2D eigenvalue weighted by Crippen LogP contribution is 2.24. The molecule has 1 fully saturated rings. The Hall–Kier alpha value is -0.860. The summed E-state index contributed by atoms with van der Waals surface area (Å²) in [5.74, 6) is 0. The number of rotatable bonds is 9. The second-order valence-electron chi connectivity index (χ2n) is 5.40. The van der Waals surface area contributed by atoms with E-state index in [0.717, 1.165) is 19.1 Å². The summed E-state index contributed by atoms with van der Waals surface area (Å²) in [6.45, 7) is 3.49. The zero-order chi connectivity index (χ0) is 12.6. The number of unbranched alkanes of at least 4 members (excludes halogenated alkanes) is 1. The molecule has 0 spiro atoms. The van der Waals surface area contributed by atoms with Gasteiger partial charge in [0.25, 0.3) is 0 Å². The third-order valence-electron chi connectivity index (χ3n) is 3.72. The van der Waals surface area contributed by atoms with Crippen LogP contribution in [0, 0.1) is 0 Å². The Morgan fingerprint density at radius 1 is 1.11 bits per heavy atom. The van der Waals surface area contributed by atoms with Gasteiger partial charge in [-0.25, -0.2) is 0 Å². The SMILES string of the molecule is CN(CCNCCCCc1ccccc1)C1CC1. The fourth-order valence-electron chi connectivity index (χ4n) is 2.30. The molecule has 0 aliphatic heterocycles. The molecule has 1 aliphatic rings. The smallest absolute Gasteiger partial charge is 0.0107 e. The molecule has 2 heteroatoms. The fraction of sp³-hybridized carbons (Fsp3) is 0.625. The topological polar surface area (TPSA) is 15.3 Å².